The molecule has 0 aromatic heterocycles. The number of amides is 1. The molecule has 0 aliphatic heterocycles. The SMILES string of the molecule is CCC(=O)NCC[C@H]1CCc2ccc(OC(C)C)cc21. The average Bonchev–Trinajstić information content (AvgIpc) is 2.80. The van der Waals surface area contributed by atoms with Crippen LogP contribution in [0.15, 0.2) is 18.2 Å². The predicted molar refractivity (Wildman–Crippen MR) is 81.2 cm³/mol. The Balaban J connectivity index is 1.97. The van der Waals surface area contributed by atoms with Gasteiger partial charge >= 0.3 is 0 Å². The van der Waals surface area contributed by atoms with Crippen LogP contribution in [-0.4, -0.2) is 18.6 Å². The first-order valence-electron chi connectivity index (χ1n) is 7.66. The topological polar surface area (TPSA) is 38.3 Å². The van der Waals surface area contributed by atoms with Crippen LogP contribution in [0.5, 0.6) is 5.75 Å². The van der Waals surface area contributed by atoms with E-state index < -0.39 is 0 Å². The standard InChI is InChI=1S/C17H25NO2/c1-4-17(19)18-10-9-14-6-5-13-7-8-15(11-16(13)14)20-12(2)3/h7-8,11-12,14H,4-6,9-10H2,1-3H3,(H,18,19)/t14-/m1/s1. The van der Waals surface area contributed by atoms with Gasteiger partial charge in [-0.3, -0.25) is 4.79 Å². The Hall–Kier alpha value is -1.51. The first-order chi connectivity index (χ1) is 9.60. The van der Waals surface area contributed by atoms with Crippen molar-refractivity contribution in [3.63, 3.8) is 0 Å². The summed E-state index contributed by atoms with van der Waals surface area (Å²) < 4.78 is 5.78. The molecular weight excluding hydrogens is 250 g/mol. The summed E-state index contributed by atoms with van der Waals surface area (Å²) in [7, 11) is 0. The Morgan fingerprint density at radius 2 is 2.25 bits per heavy atom. The molecule has 1 aliphatic rings. The molecule has 1 N–H and O–H groups in total. The van der Waals surface area contributed by atoms with Crippen molar-refractivity contribution in [3.8, 4) is 5.75 Å². The van der Waals surface area contributed by atoms with Gasteiger partial charge in [0.05, 0.1) is 6.10 Å². The van der Waals surface area contributed by atoms with Crippen LogP contribution in [0.4, 0.5) is 0 Å². The lowest BCUT2D eigenvalue weighted by atomic mass is 9.97. The molecule has 0 unspecified atom stereocenters. The molecule has 0 bridgehead atoms. The highest BCUT2D eigenvalue weighted by atomic mass is 16.5. The van der Waals surface area contributed by atoms with E-state index in [0.29, 0.717) is 12.3 Å². The van der Waals surface area contributed by atoms with Gasteiger partial charge in [0, 0.05) is 13.0 Å². The zero-order valence-electron chi connectivity index (χ0n) is 12.7. The highest BCUT2D eigenvalue weighted by Gasteiger charge is 2.22. The van der Waals surface area contributed by atoms with Crippen LogP contribution < -0.4 is 10.1 Å². The van der Waals surface area contributed by atoms with Gasteiger partial charge in [0.25, 0.3) is 0 Å². The lowest BCUT2D eigenvalue weighted by Crippen LogP contribution is -2.24. The van der Waals surface area contributed by atoms with Crippen LogP contribution in [0.25, 0.3) is 0 Å². The lowest BCUT2D eigenvalue weighted by Gasteiger charge is -2.15. The molecule has 3 nitrogen and oxygen atoms in total. The summed E-state index contributed by atoms with van der Waals surface area (Å²) in [5, 5.41) is 2.97. The molecule has 1 amide bonds. The van der Waals surface area contributed by atoms with Crippen molar-refractivity contribution in [2.75, 3.05) is 6.54 Å². The molecular formula is C17H25NO2. The van der Waals surface area contributed by atoms with E-state index in [1.165, 1.54) is 17.5 Å². The third-order valence-electron chi connectivity index (χ3n) is 3.83. The molecule has 3 heteroatoms. The van der Waals surface area contributed by atoms with Gasteiger partial charge in [-0.05, 0) is 62.3 Å². The van der Waals surface area contributed by atoms with Gasteiger partial charge in [-0.25, -0.2) is 0 Å². The molecule has 1 atom stereocenters. The van der Waals surface area contributed by atoms with Crippen LogP contribution in [-0.2, 0) is 11.2 Å². The summed E-state index contributed by atoms with van der Waals surface area (Å²) in [6.07, 6.45) is 4.11. The maximum Gasteiger partial charge on any atom is 0.219 e. The summed E-state index contributed by atoms with van der Waals surface area (Å²) in [6.45, 7) is 6.75. The van der Waals surface area contributed by atoms with Gasteiger partial charge in [-0.2, -0.15) is 0 Å². The van der Waals surface area contributed by atoms with Crippen LogP contribution in [0.2, 0.25) is 0 Å². The Kier molecular flexibility index (Phi) is 5.05. The largest absolute Gasteiger partial charge is 0.491 e. The van der Waals surface area contributed by atoms with Crippen molar-refractivity contribution in [1.82, 2.24) is 5.32 Å². The highest BCUT2D eigenvalue weighted by Crippen LogP contribution is 2.37. The lowest BCUT2D eigenvalue weighted by molar-refractivity contribution is -0.120. The van der Waals surface area contributed by atoms with Gasteiger partial charge in [-0.15, -0.1) is 0 Å². The second-order valence-corrected chi connectivity index (χ2v) is 5.76. The van der Waals surface area contributed by atoms with Crippen molar-refractivity contribution in [3.05, 3.63) is 29.3 Å². The number of benzene rings is 1. The fraction of sp³-hybridized carbons (Fsp3) is 0.588. The number of rotatable bonds is 6. The van der Waals surface area contributed by atoms with E-state index in [2.05, 4.69) is 23.5 Å². The van der Waals surface area contributed by atoms with E-state index in [1.807, 2.05) is 20.8 Å². The van der Waals surface area contributed by atoms with Crippen molar-refractivity contribution in [2.24, 2.45) is 0 Å². The minimum Gasteiger partial charge on any atom is -0.491 e. The molecule has 2 rings (SSSR count). The number of carbonyl (C=O) groups excluding carboxylic acids is 1. The van der Waals surface area contributed by atoms with Crippen molar-refractivity contribution in [1.29, 1.82) is 0 Å². The Morgan fingerprint density at radius 1 is 1.45 bits per heavy atom. The Bertz CT molecular complexity index is 468. The van der Waals surface area contributed by atoms with E-state index in [1.54, 1.807) is 0 Å². The number of aryl methyl sites for hydroxylation is 1. The number of carbonyl (C=O) groups is 1. The van der Waals surface area contributed by atoms with Gasteiger partial charge < -0.3 is 10.1 Å². The third kappa shape index (κ3) is 3.75. The monoisotopic (exact) mass is 275 g/mol. The third-order valence-corrected chi connectivity index (χ3v) is 3.83. The molecule has 1 aromatic rings. The van der Waals surface area contributed by atoms with E-state index in [-0.39, 0.29) is 12.0 Å². The highest BCUT2D eigenvalue weighted by molar-refractivity contribution is 5.75. The zero-order chi connectivity index (χ0) is 14.5. The van der Waals surface area contributed by atoms with Crippen LogP contribution in [0.1, 0.15) is 57.1 Å². The number of ether oxygens (including phenoxy) is 1. The first kappa shape index (κ1) is 14.9. The molecule has 1 aliphatic carbocycles. The number of hydrogen-bond donors (Lipinski definition) is 1. The Labute approximate surface area is 121 Å². The number of fused-ring (bicyclic) bond motifs is 1. The van der Waals surface area contributed by atoms with Gasteiger partial charge in [0.15, 0.2) is 0 Å². The van der Waals surface area contributed by atoms with Crippen LogP contribution in [0.3, 0.4) is 0 Å². The fourth-order valence-electron chi connectivity index (χ4n) is 2.82. The normalized spacial score (nSPS) is 17.1. The predicted octanol–water partition coefficient (Wildman–Crippen LogP) is 3.42. The molecule has 0 saturated heterocycles. The van der Waals surface area contributed by atoms with E-state index >= 15 is 0 Å². The number of nitrogens with one attached hydrogen (secondary N) is 1. The summed E-state index contributed by atoms with van der Waals surface area (Å²) in [5.41, 5.74) is 2.85. The van der Waals surface area contributed by atoms with Gasteiger partial charge in [0.1, 0.15) is 5.75 Å². The molecule has 0 fully saturated rings. The molecule has 20 heavy (non-hydrogen) atoms. The quantitative estimate of drug-likeness (QED) is 0.864. The molecule has 0 radical (unpaired) electrons. The van der Waals surface area contributed by atoms with E-state index in [0.717, 1.165) is 25.1 Å². The first-order valence-corrected chi connectivity index (χ1v) is 7.66. The van der Waals surface area contributed by atoms with Gasteiger partial charge in [0.2, 0.25) is 5.91 Å². The van der Waals surface area contributed by atoms with Crippen LogP contribution >= 0.6 is 0 Å². The minimum atomic E-state index is 0.139. The summed E-state index contributed by atoms with van der Waals surface area (Å²) >= 11 is 0. The maximum absolute atomic E-state index is 11.3. The molecule has 0 heterocycles. The molecule has 110 valence electrons. The second-order valence-electron chi connectivity index (χ2n) is 5.76. The summed E-state index contributed by atoms with van der Waals surface area (Å²) in [6, 6.07) is 6.45. The summed E-state index contributed by atoms with van der Waals surface area (Å²) in [4.78, 5) is 11.3. The van der Waals surface area contributed by atoms with Crippen molar-refractivity contribution in [2.45, 2.75) is 58.5 Å². The minimum absolute atomic E-state index is 0.139. The average molecular weight is 275 g/mol. The summed E-state index contributed by atoms with van der Waals surface area (Å²) in [5.74, 6) is 1.65. The zero-order valence-corrected chi connectivity index (χ0v) is 12.7. The Morgan fingerprint density at radius 3 is 2.95 bits per heavy atom. The van der Waals surface area contributed by atoms with E-state index in [9.17, 15) is 4.79 Å². The molecule has 0 spiro atoms. The maximum atomic E-state index is 11.3. The van der Waals surface area contributed by atoms with Crippen molar-refractivity contribution < 1.29 is 9.53 Å². The fourth-order valence-corrected chi connectivity index (χ4v) is 2.82. The molecule has 0 saturated carbocycles. The molecule has 1 aromatic carbocycles. The van der Waals surface area contributed by atoms with Gasteiger partial charge in [-0.1, -0.05) is 13.0 Å². The van der Waals surface area contributed by atoms with E-state index in [4.69, 9.17) is 4.74 Å². The second kappa shape index (κ2) is 6.78. The van der Waals surface area contributed by atoms with Crippen LogP contribution in [0, 0.1) is 0 Å². The smallest absolute Gasteiger partial charge is 0.219 e. The number of hydrogen-bond acceptors (Lipinski definition) is 2. The van der Waals surface area contributed by atoms with Crippen molar-refractivity contribution >= 4 is 5.91 Å².